The number of carboxylic acids is 1. The second-order valence-electron chi connectivity index (χ2n) is 6.83. The van der Waals surface area contributed by atoms with E-state index in [0.717, 1.165) is 0 Å². The van der Waals surface area contributed by atoms with E-state index in [4.69, 9.17) is 4.74 Å². The van der Waals surface area contributed by atoms with Crippen LogP contribution in [0, 0.1) is 10.1 Å². The fourth-order valence-electron chi connectivity index (χ4n) is 3.78. The molecule has 2 atom stereocenters. The van der Waals surface area contributed by atoms with E-state index < -0.39 is 28.8 Å². The number of aliphatic carboxylic acids is 1. The standard InChI is InChI=1S/C21H21BrN2O6/c1-2-30-15-7-4-13(5-8-15)19-18(21(26)27)16-9-6-14(24(28)29)12-17(16)20(25)23(19)11-3-10-22/h4-9,12,18-19H,2-3,10-11H2,1H3,(H,26,27)/t18-,19-/m1/s1. The van der Waals surface area contributed by atoms with Gasteiger partial charge in [-0.25, -0.2) is 0 Å². The molecule has 0 saturated heterocycles. The Labute approximate surface area is 181 Å². The smallest absolute Gasteiger partial charge is 0.313 e. The van der Waals surface area contributed by atoms with Crippen LogP contribution in [0.5, 0.6) is 5.75 Å². The Morgan fingerprint density at radius 1 is 1.27 bits per heavy atom. The third kappa shape index (κ3) is 4.16. The number of rotatable bonds is 8. The number of amides is 1. The molecule has 3 rings (SSSR count). The van der Waals surface area contributed by atoms with Gasteiger partial charge in [0.25, 0.3) is 11.6 Å². The van der Waals surface area contributed by atoms with Crippen molar-refractivity contribution in [3.63, 3.8) is 0 Å². The molecule has 2 aromatic carbocycles. The van der Waals surface area contributed by atoms with Crippen molar-refractivity contribution in [2.75, 3.05) is 18.5 Å². The summed E-state index contributed by atoms with van der Waals surface area (Å²) in [5, 5.41) is 21.9. The molecule has 158 valence electrons. The highest BCUT2D eigenvalue weighted by molar-refractivity contribution is 9.09. The first-order valence-electron chi connectivity index (χ1n) is 9.49. The summed E-state index contributed by atoms with van der Waals surface area (Å²) in [5.41, 5.74) is 0.768. The van der Waals surface area contributed by atoms with Crippen molar-refractivity contribution in [3.8, 4) is 5.75 Å². The van der Waals surface area contributed by atoms with E-state index >= 15 is 0 Å². The third-order valence-corrected chi connectivity index (χ3v) is 5.62. The molecule has 9 heteroatoms. The van der Waals surface area contributed by atoms with E-state index in [1.807, 2.05) is 6.92 Å². The molecule has 0 radical (unpaired) electrons. The van der Waals surface area contributed by atoms with Crippen LogP contribution in [0.25, 0.3) is 0 Å². The number of ether oxygens (including phenoxy) is 1. The average Bonchev–Trinajstić information content (AvgIpc) is 2.73. The maximum Gasteiger partial charge on any atom is 0.313 e. The fraction of sp³-hybridized carbons (Fsp3) is 0.333. The summed E-state index contributed by atoms with van der Waals surface area (Å²) in [6, 6.07) is 10.1. The van der Waals surface area contributed by atoms with E-state index in [0.29, 0.717) is 36.2 Å². The number of hydrogen-bond acceptors (Lipinski definition) is 5. The number of non-ortho nitro benzene ring substituents is 1. The minimum Gasteiger partial charge on any atom is -0.494 e. The van der Waals surface area contributed by atoms with Gasteiger partial charge >= 0.3 is 5.97 Å². The molecular weight excluding hydrogens is 456 g/mol. The van der Waals surface area contributed by atoms with E-state index in [1.165, 1.54) is 23.1 Å². The molecule has 8 nitrogen and oxygen atoms in total. The molecule has 1 aliphatic rings. The number of fused-ring (bicyclic) bond motifs is 1. The van der Waals surface area contributed by atoms with Gasteiger partial charge in [-0.3, -0.25) is 19.7 Å². The summed E-state index contributed by atoms with van der Waals surface area (Å²) in [7, 11) is 0. The summed E-state index contributed by atoms with van der Waals surface area (Å²) in [6.45, 7) is 2.68. The van der Waals surface area contributed by atoms with Crippen LogP contribution in [0.4, 0.5) is 5.69 Å². The molecule has 1 N–H and O–H groups in total. The lowest BCUT2D eigenvalue weighted by molar-refractivity contribution is -0.384. The van der Waals surface area contributed by atoms with Gasteiger partial charge in [-0.15, -0.1) is 0 Å². The zero-order valence-corrected chi connectivity index (χ0v) is 17.9. The van der Waals surface area contributed by atoms with E-state index in [2.05, 4.69) is 15.9 Å². The molecule has 0 bridgehead atoms. The molecule has 1 heterocycles. The Balaban J connectivity index is 2.15. The SMILES string of the molecule is CCOc1ccc([C@@H]2[C@H](C(=O)O)c3ccc([N+](=O)[O-])cc3C(=O)N2CCCBr)cc1. The van der Waals surface area contributed by atoms with Crippen LogP contribution < -0.4 is 4.74 Å². The molecule has 1 aliphatic heterocycles. The number of carbonyl (C=O) groups excluding carboxylic acids is 1. The zero-order valence-electron chi connectivity index (χ0n) is 16.3. The molecule has 0 unspecified atom stereocenters. The van der Waals surface area contributed by atoms with Crippen LogP contribution in [0.1, 0.15) is 46.8 Å². The second kappa shape index (κ2) is 9.25. The monoisotopic (exact) mass is 476 g/mol. The largest absolute Gasteiger partial charge is 0.494 e. The summed E-state index contributed by atoms with van der Waals surface area (Å²) >= 11 is 3.35. The molecule has 0 fully saturated rings. The zero-order chi connectivity index (χ0) is 21.8. The van der Waals surface area contributed by atoms with Gasteiger partial charge < -0.3 is 14.7 Å². The number of halogens is 1. The van der Waals surface area contributed by atoms with Crippen molar-refractivity contribution in [2.24, 2.45) is 0 Å². The summed E-state index contributed by atoms with van der Waals surface area (Å²) in [5.74, 6) is -1.91. The number of nitro groups is 1. The number of hydrogen-bond donors (Lipinski definition) is 1. The topological polar surface area (TPSA) is 110 Å². The highest BCUT2D eigenvalue weighted by Crippen LogP contribution is 2.44. The van der Waals surface area contributed by atoms with E-state index in [-0.39, 0.29) is 16.8 Å². The molecule has 0 spiro atoms. The summed E-state index contributed by atoms with van der Waals surface area (Å²) in [6.07, 6.45) is 0.607. The van der Waals surface area contributed by atoms with E-state index in [9.17, 15) is 24.8 Å². The van der Waals surface area contributed by atoms with Gasteiger partial charge in [0.2, 0.25) is 0 Å². The number of nitro benzene ring substituents is 1. The molecule has 0 aliphatic carbocycles. The highest BCUT2D eigenvalue weighted by Gasteiger charge is 2.44. The van der Waals surface area contributed by atoms with Gasteiger partial charge in [-0.05, 0) is 36.6 Å². The first-order chi connectivity index (χ1) is 14.4. The minimum absolute atomic E-state index is 0.0633. The summed E-state index contributed by atoms with van der Waals surface area (Å²) < 4.78 is 5.46. The summed E-state index contributed by atoms with van der Waals surface area (Å²) in [4.78, 5) is 37.7. The van der Waals surface area contributed by atoms with Crippen molar-refractivity contribution in [1.82, 2.24) is 4.90 Å². The predicted molar refractivity (Wildman–Crippen MR) is 113 cm³/mol. The van der Waals surface area contributed by atoms with Gasteiger partial charge in [-0.1, -0.05) is 34.1 Å². The van der Waals surface area contributed by atoms with Crippen LogP contribution in [-0.2, 0) is 4.79 Å². The fourth-order valence-corrected chi connectivity index (χ4v) is 4.04. The molecule has 1 amide bonds. The average molecular weight is 477 g/mol. The normalized spacial score (nSPS) is 18.1. The molecule has 30 heavy (non-hydrogen) atoms. The van der Waals surface area contributed by atoms with E-state index in [1.54, 1.807) is 24.3 Å². The van der Waals surface area contributed by atoms with Gasteiger partial charge in [0.15, 0.2) is 0 Å². The van der Waals surface area contributed by atoms with Crippen molar-refractivity contribution < 1.29 is 24.4 Å². The third-order valence-electron chi connectivity index (χ3n) is 5.06. The predicted octanol–water partition coefficient (Wildman–Crippen LogP) is 4.14. The number of carbonyl (C=O) groups is 2. The first kappa shape index (κ1) is 21.8. The Morgan fingerprint density at radius 3 is 2.53 bits per heavy atom. The number of alkyl halides is 1. The quantitative estimate of drug-likeness (QED) is 0.348. The lowest BCUT2D eigenvalue weighted by Gasteiger charge is -2.40. The van der Waals surface area contributed by atoms with Crippen LogP contribution >= 0.6 is 15.9 Å². The van der Waals surface area contributed by atoms with Crippen molar-refractivity contribution in [2.45, 2.75) is 25.3 Å². The Bertz CT molecular complexity index is 962. The van der Waals surface area contributed by atoms with Gasteiger partial charge in [0.1, 0.15) is 11.7 Å². The Kier molecular flexibility index (Phi) is 6.71. The lowest BCUT2D eigenvalue weighted by atomic mass is 9.79. The highest BCUT2D eigenvalue weighted by atomic mass is 79.9. The Hall–Kier alpha value is -2.94. The molecular formula is C21H21BrN2O6. The Morgan fingerprint density at radius 2 is 1.97 bits per heavy atom. The van der Waals surface area contributed by atoms with Crippen LogP contribution in [-0.4, -0.2) is 45.3 Å². The lowest BCUT2D eigenvalue weighted by Crippen LogP contribution is -2.45. The van der Waals surface area contributed by atoms with Crippen molar-refractivity contribution in [3.05, 3.63) is 69.3 Å². The van der Waals surface area contributed by atoms with Crippen LogP contribution in [0.3, 0.4) is 0 Å². The van der Waals surface area contributed by atoms with Gasteiger partial charge in [0, 0.05) is 24.0 Å². The number of nitrogens with zero attached hydrogens (tertiary/aromatic N) is 2. The molecule has 0 aromatic heterocycles. The van der Waals surface area contributed by atoms with Crippen molar-refractivity contribution in [1.29, 1.82) is 0 Å². The molecule has 2 aromatic rings. The molecule has 0 saturated carbocycles. The van der Waals surface area contributed by atoms with Gasteiger partial charge in [-0.2, -0.15) is 0 Å². The maximum atomic E-state index is 13.3. The first-order valence-corrected chi connectivity index (χ1v) is 10.6. The van der Waals surface area contributed by atoms with Gasteiger partial charge in [0.05, 0.1) is 23.1 Å². The van der Waals surface area contributed by atoms with Crippen molar-refractivity contribution >= 4 is 33.5 Å². The van der Waals surface area contributed by atoms with Crippen LogP contribution in [0.15, 0.2) is 42.5 Å². The number of carboxylic acid groups (broad SMARTS) is 1. The maximum absolute atomic E-state index is 13.3. The van der Waals surface area contributed by atoms with Crippen LogP contribution in [0.2, 0.25) is 0 Å². The minimum atomic E-state index is -1.10. The second-order valence-corrected chi connectivity index (χ2v) is 7.63. The number of benzene rings is 2.